The molecule has 0 heterocycles. The Morgan fingerprint density at radius 3 is 1.34 bits per heavy atom. The molecule has 0 bridgehead atoms. The highest BCUT2D eigenvalue weighted by Gasteiger charge is 2.16. The van der Waals surface area contributed by atoms with Gasteiger partial charge in [0, 0.05) is 12.8 Å². The Morgan fingerprint density at radius 2 is 0.902 bits per heavy atom. The van der Waals surface area contributed by atoms with Crippen LogP contribution in [0.4, 0.5) is 0 Å². The zero-order valence-corrected chi connectivity index (χ0v) is 27.3. The van der Waals surface area contributed by atoms with E-state index in [-0.39, 0.29) is 25.2 Å². The second kappa shape index (κ2) is 33.1. The summed E-state index contributed by atoms with van der Waals surface area (Å²) in [7, 11) is 0. The van der Waals surface area contributed by atoms with Crippen molar-refractivity contribution < 1.29 is 24.2 Å². The maximum absolute atomic E-state index is 12.0. The Kier molecular flexibility index (Phi) is 32.0. The average Bonchev–Trinajstić information content (AvgIpc) is 2.97. The van der Waals surface area contributed by atoms with E-state index in [1.54, 1.807) is 0 Å². The first-order valence-corrected chi connectivity index (χ1v) is 17.7. The lowest BCUT2D eigenvalue weighted by atomic mass is 10.0. The zero-order chi connectivity index (χ0) is 30.1. The van der Waals surface area contributed by atoms with Crippen molar-refractivity contribution in [3.63, 3.8) is 0 Å². The lowest BCUT2D eigenvalue weighted by molar-refractivity contribution is -0.161. The van der Waals surface area contributed by atoms with Crippen molar-refractivity contribution in [1.29, 1.82) is 0 Å². The number of carbonyl (C=O) groups is 2. The highest BCUT2D eigenvalue weighted by Crippen LogP contribution is 2.14. The van der Waals surface area contributed by atoms with Gasteiger partial charge in [-0.2, -0.15) is 0 Å². The maximum Gasteiger partial charge on any atom is 0.306 e. The number of ether oxygens (including phenoxy) is 2. The van der Waals surface area contributed by atoms with Gasteiger partial charge in [0.05, 0.1) is 6.61 Å². The molecule has 0 aromatic heterocycles. The summed E-state index contributed by atoms with van der Waals surface area (Å²) >= 11 is 0. The third kappa shape index (κ3) is 31.4. The van der Waals surface area contributed by atoms with Crippen molar-refractivity contribution in [2.45, 2.75) is 193 Å². The molecular formula is C36H68O5. The Bertz CT molecular complexity index is 589. The SMILES string of the molecule is CCCCCCCCCC/C=C\CCCCCCCCCCCCCC(=O)OC(CO)COC(=O)CCCCCC. The first kappa shape index (κ1) is 39.6. The molecule has 0 aliphatic carbocycles. The molecule has 0 saturated heterocycles. The Morgan fingerprint density at radius 1 is 0.537 bits per heavy atom. The largest absolute Gasteiger partial charge is 0.462 e. The van der Waals surface area contributed by atoms with Crippen LogP contribution < -0.4 is 0 Å². The van der Waals surface area contributed by atoms with Gasteiger partial charge in [0.15, 0.2) is 6.10 Å². The van der Waals surface area contributed by atoms with Crippen LogP contribution in [0.3, 0.4) is 0 Å². The minimum absolute atomic E-state index is 0.0642. The molecule has 0 aliphatic rings. The van der Waals surface area contributed by atoms with Crippen LogP contribution in [0, 0.1) is 0 Å². The van der Waals surface area contributed by atoms with Gasteiger partial charge >= 0.3 is 11.9 Å². The molecule has 41 heavy (non-hydrogen) atoms. The molecule has 0 aliphatic heterocycles. The van der Waals surface area contributed by atoms with Crippen LogP contribution in [-0.4, -0.2) is 36.4 Å². The van der Waals surface area contributed by atoms with E-state index in [4.69, 9.17) is 9.47 Å². The van der Waals surface area contributed by atoms with Crippen LogP contribution in [0.5, 0.6) is 0 Å². The summed E-state index contributed by atoms with van der Waals surface area (Å²) in [6.07, 6.45) is 36.1. The van der Waals surface area contributed by atoms with Crippen molar-refractivity contribution in [1.82, 2.24) is 0 Å². The number of aliphatic hydroxyl groups is 1. The highest BCUT2D eigenvalue weighted by atomic mass is 16.6. The molecule has 0 amide bonds. The molecule has 0 aromatic carbocycles. The van der Waals surface area contributed by atoms with Crippen LogP contribution in [0.2, 0.25) is 0 Å². The van der Waals surface area contributed by atoms with Gasteiger partial charge in [0.2, 0.25) is 0 Å². The molecule has 0 radical (unpaired) electrons. The zero-order valence-electron chi connectivity index (χ0n) is 27.3. The molecule has 0 spiro atoms. The van der Waals surface area contributed by atoms with E-state index in [9.17, 15) is 14.7 Å². The topological polar surface area (TPSA) is 72.8 Å². The number of allylic oxidation sites excluding steroid dienone is 2. The van der Waals surface area contributed by atoms with Crippen molar-refractivity contribution >= 4 is 11.9 Å². The van der Waals surface area contributed by atoms with Gasteiger partial charge in [0.25, 0.3) is 0 Å². The van der Waals surface area contributed by atoms with E-state index in [1.807, 2.05) is 0 Å². The normalized spacial score (nSPS) is 12.2. The molecule has 5 heteroatoms. The smallest absolute Gasteiger partial charge is 0.306 e. The minimum Gasteiger partial charge on any atom is -0.462 e. The van der Waals surface area contributed by atoms with Crippen LogP contribution in [0.15, 0.2) is 12.2 Å². The third-order valence-corrected chi connectivity index (χ3v) is 7.81. The summed E-state index contributed by atoms with van der Waals surface area (Å²) in [5, 5.41) is 9.42. The number of hydrogen-bond donors (Lipinski definition) is 1. The van der Waals surface area contributed by atoms with Crippen molar-refractivity contribution in [3.8, 4) is 0 Å². The number of aliphatic hydroxyl groups excluding tert-OH is 1. The first-order valence-electron chi connectivity index (χ1n) is 17.7. The van der Waals surface area contributed by atoms with E-state index >= 15 is 0 Å². The lowest BCUT2D eigenvalue weighted by Crippen LogP contribution is -2.28. The van der Waals surface area contributed by atoms with Gasteiger partial charge in [-0.3, -0.25) is 9.59 Å². The minimum atomic E-state index is -0.761. The Balaban J connectivity index is 3.41. The molecule has 1 unspecified atom stereocenters. The number of esters is 2. The summed E-state index contributed by atoms with van der Waals surface area (Å²) in [4.78, 5) is 23.8. The van der Waals surface area contributed by atoms with Gasteiger partial charge in [0.1, 0.15) is 6.61 Å². The van der Waals surface area contributed by atoms with Crippen LogP contribution in [-0.2, 0) is 19.1 Å². The lowest BCUT2D eigenvalue weighted by Gasteiger charge is -2.15. The third-order valence-electron chi connectivity index (χ3n) is 7.81. The van der Waals surface area contributed by atoms with Crippen LogP contribution in [0.1, 0.15) is 187 Å². The molecular weight excluding hydrogens is 512 g/mol. The fraction of sp³-hybridized carbons (Fsp3) is 0.889. The molecule has 0 aromatic rings. The summed E-state index contributed by atoms with van der Waals surface area (Å²) < 4.78 is 10.4. The van der Waals surface area contributed by atoms with Crippen LogP contribution >= 0.6 is 0 Å². The fourth-order valence-corrected chi connectivity index (χ4v) is 5.08. The Hall–Kier alpha value is -1.36. The summed E-state index contributed by atoms with van der Waals surface area (Å²) in [5.74, 6) is -0.607. The highest BCUT2D eigenvalue weighted by molar-refractivity contribution is 5.70. The molecule has 0 rings (SSSR count). The van der Waals surface area contributed by atoms with Gasteiger partial charge in [-0.05, 0) is 38.5 Å². The predicted octanol–water partition coefficient (Wildman–Crippen LogP) is 10.6. The predicted molar refractivity (Wildman–Crippen MR) is 173 cm³/mol. The van der Waals surface area contributed by atoms with Gasteiger partial charge in [-0.1, -0.05) is 148 Å². The number of unbranched alkanes of at least 4 members (excludes halogenated alkanes) is 22. The molecule has 1 N–H and O–H groups in total. The van der Waals surface area contributed by atoms with Crippen molar-refractivity contribution in [2.75, 3.05) is 13.2 Å². The first-order chi connectivity index (χ1) is 20.1. The fourth-order valence-electron chi connectivity index (χ4n) is 5.08. The van der Waals surface area contributed by atoms with E-state index in [1.165, 1.54) is 116 Å². The maximum atomic E-state index is 12.0. The Labute approximate surface area is 254 Å². The quantitative estimate of drug-likeness (QED) is 0.0487. The number of carbonyl (C=O) groups excluding carboxylic acids is 2. The monoisotopic (exact) mass is 581 g/mol. The summed E-state index contributed by atoms with van der Waals surface area (Å²) in [6, 6.07) is 0. The second-order valence-electron chi connectivity index (χ2n) is 12.0. The average molecular weight is 581 g/mol. The summed E-state index contributed by atoms with van der Waals surface area (Å²) in [5.41, 5.74) is 0. The van der Waals surface area contributed by atoms with Crippen molar-refractivity contribution in [2.24, 2.45) is 0 Å². The van der Waals surface area contributed by atoms with Crippen molar-refractivity contribution in [3.05, 3.63) is 12.2 Å². The molecule has 0 saturated carbocycles. The molecule has 0 fully saturated rings. The number of rotatable bonds is 32. The molecule has 5 nitrogen and oxygen atoms in total. The van der Waals surface area contributed by atoms with E-state index in [0.29, 0.717) is 12.8 Å². The molecule has 1 atom stereocenters. The van der Waals surface area contributed by atoms with Crippen LogP contribution in [0.25, 0.3) is 0 Å². The summed E-state index contributed by atoms with van der Waals surface area (Å²) in [6.45, 7) is 4.01. The number of hydrogen-bond acceptors (Lipinski definition) is 5. The van der Waals surface area contributed by atoms with E-state index in [2.05, 4.69) is 26.0 Å². The van der Waals surface area contributed by atoms with E-state index < -0.39 is 6.10 Å². The van der Waals surface area contributed by atoms with Gasteiger partial charge in [-0.15, -0.1) is 0 Å². The van der Waals surface area contributed by atoms with E-state index in [0.717, 1.165) is 44.9 Å². The second-order valence-corrected chi connectivity index (χ2v) is 12.0. The van der Waals surface area contributed by atoms with Gasteiger partial charge < -0.3 is 14.6 Å². The molecule has 242 valence electrons. The standard InChI is InChI=1S/C36H68O5/c1-3-5-7-9-10-11-12-13-14-15-16-17-18-19-20-21-22-23-24-25-26-27-29-31-36(39)41-34(32-37)33-40-35(38)30-28-8-6-4-2/h15-16,34,37H,3-14,17-33H2,1-2H3/b16-15-. The van der Waals surface area contributed by atoms with Gasteiger partial charge in [-0.25, -0.2) is 0 Å².